The van der Waals surface area contributed by atoms with Gasteiger partial charge in [0.2, 0.25) is 10.0 Å². The molecule has 1 aromatic rings. The van der Waals surface area contributed by atoms with Crippen molar-refractivity contribution in [3.8, 4) is 0 Å². The lowest BCUT2D eigenvalue weighted by Crippen LogP contribution is -2.41. The fourth-order valence-corrected chi connectivity index (χ4v) is 3.05. The van der Waals surface area contributed by atoms with Gasteiger partial charge in [-0.3, -0.25) is 0 Å². The van der Waals surface area contributed by atoms with Crippen molar-refractivity contribution in [2.24, 2.45) is 0 Å². The molecule has 1 aromatic heterocycles. The van der Waals surface area contributed by atoms with E-state index in [9.17, 15) is 8.42 Å². The van der Waals surface area contributed by atoms with Crippen molar-refractivity contribution in [1.82, 2.24) is 14.6 Å². The zero-order valence-electron chi connectivity index (χ0n) is 11.4. The van der Waals surface area contributed by atoms with Gasteiger partial charge in [-0.15, -0.1) is 0 Å². The molecule has 5 nitrogen and oxygen atoms in total. The van der Waals surface area contributed by atoms with Crippen molar-refractivity contribution >= 4 is 21.6 Å². The van der Waals surface area contributed by atoms with Gasteiger partial charge in [-0.25, -0.2) is 18.1 Å². The van der Waals surface area contributed by atoms with Gasteiger partial charge in [0.1, 0.15) is 10.0 Å². The smallest absolute Gasteiger partial charge is 0.242 e. The second-order valence-electron chi connectivity index (χ2n) is 4.32. The van der Waals surface area contributed by atoms with E-state index in [1.807, 2.05) is 20.8 Å². The van der Waals surface area contributed by atoms with E-state index in [1.165, 1.54) is 18.3 Å². The molecule has 1 rings (SSSR count). The molecule has 1 N–H and O–H groups in total. The fraction of sp³-hybridized carbons (Fsp3) is 0.583. The average Bonchev–Trinajstić information content (AvgIpc) is 2.35. The largest absolute Gasteiger partial charge is 0.302 e. The Morgan fingerprint density at radius 1 is 1.37 bits per heavy atom. The van der Waals surface area contributed by atoms with Gasteiger partial charge in [0.25, 0.3) is 0 Å². The molecular formula is C12H20ClN3O2S. The Kier molecular flexibility index (Phi) is 6.19. The molecule has 1 heterocycles. The highest BCUT2D eigenvalue weighted by Crippen LogP contribution is 2.11. The summed E-state index contributed by atoms with van der Waals surface area (Å²) in [6.45, 7) is 8.41. The monoisotopic (exact) mass is 305 g/mol. The van der Waals surface area contributed by atoms with Gasteiger partial charge < -0.3 is 4.90 Å². The standard InChI is InChI=1S/C12H20ClN3O2S/c1-4-16(5-2)9-10(3)15-19(17,18)11-6-7-12(13)14-8-11/h6-8,10,15H,4-5,9H2,1-3H3. The van der Waals surface area contributed by atoms with Crippen molar-refractivity contribution in [3.05, 3.63) is 23.5 Å². The Hall–Kier alpha value is -0.690. The van der Waals surface area contributed by atoms with Crippen LogP contribution in [0.15, 0.2) is 23.2 Å². The number of halogens is 1. The molecule has 1 atom stereocenters. The molecule has 7 heteroatoms. The first kappa shape index (κ1) is 16.4. The molecule has 0 spiro atoms. The molecule has 1 unspecified atom stereocenters. The van der Waals surface area contributed by atoms with Crippen LogP contribution >= 0.6 is 11.6 Å². The summed E-state index contributed by atoms with van der Waals surface area (Å²) in [6.07, 6.45) is 1.26. The van der Waals surface area contributed by atoms with Crippen LogP contribution in [0.1, 0.15) is 20.8 Å². The second-order valence-corrected chi connectivity index (χ2v) is 6.43. The molecule has 0 aliphatic heterocycles. The predicted molar refractivity (Wildman–Crippen MR) is 76.8 cm³/mol. The highest BCUT2D eigenvalue weighted by atomic mass is 35.5. The lowest BCUT2D eigenvalue weighted by molar-refractivity contribution is 0.282. The van der Waals surface area contributed by atoms with E-state index in [-0.39, 0.29) is 16.1 Å². The first-order valence-corrected chi connectivity index (χ1v) is 8.11. The zero-order chi connectivity index (χ0) is 14.5. The topological polar surface area (TPSA) is 62.3 Å². The molecule has 0 radical (unpaired) electrons. The van der Waals surface area contributed by atoms with E-state index >= 15 is 0 Å². The third-order valence-electron chi connectivity index (χ3n) is 2.79. The van der Waals surface area contributed by atoms with Crippen LogP contribution in [0.5, 0.6) is 0 Å². The summed E-state index contributed by atoms with van der Waals surface area (Å²) >= 11 is 5.64. The number of rotatable bonds is 7. The van der Waals surface area contributed by atoms with Crippen molar-refractivity contribution in [1.29, 1.82) is 0 Å². The average molecular weight is 306 g/mol. The number of hydrogen-bond acceptors (Lipinski definition) is 4. The maximum atomic E-state index is 12.1. The Morgan fingerprint density at radius 2 is 2.00 bits per heavy atom. The quantitative estimate of drug-likeness (QED) is 0.780. The highest BCUT2D eigenvalue weighted by Gasteiger charge is 2.18. The highest BCUT2D eigenvalue weighted by molar-refractivity contribution is 7.89. The molecule has 0 aliphatic carbocycles. The third kappa shape index (κ3) is 5.06. The first-order valence-electron chi connectivity index (χ1n) is 6.25. The van der Waals surface area contributed by atoms with Crippen LogP contribution in [-0.4, -0.2) is 44.0 Å². The molecule has 0 saturated heterocycles. The maximum absolute atomic E-state index is 12.1. The molecule has 0 aliphatic rings. The molecule has 19 heavy (non-hydrogen) atoms. The lowest BCUT2D eigenvalue weighted by Gasteiger charge is -2.23. The van der Waals surface area contributed by atoms with Crippen molar-refractivity contribution in [2.45, 2.75) is 31.7 Å². The zero-order valence-corrected chi connectivity index (χ0v) is 13.0. The minimum absolute atomic E-state index is 0.128. The first-order chi connectivity index (χ1) is 8.89. The number of likely N-dealkylation sites (N-methyl/N-ethyl adjacent to an activating group) is 1. The normalized spacial score (nSPS) is 13.7. The van der Waals surface area contributed by atoms with E-state index in [0.29, 0.717) is 6.54 Å². The summed E-state index contributed by atoms with van der Waals surface area (Å²) in [6, 6.07) is 2.74. The van der Waals surface area contributed by atoms with Crippen molar-refractivity contribution in [2.75, 3.05) is 19.6 Å². The number of aromatic nitrogens is 1. The number of pyridine rings is 1. The SMILES string of the molecule is CCN(CC)CC(C)NS(=O)(=O)c1ccc(Cl)nc1. The van der Waals surface area contributed by atoms with E-state index in [4.69, 9.17) is 11.6 Å². The number of nitrogens with zero attached hydrogens (tertiary/aromatic N) is 2. The summed E-state index contributed by atoms with van der Waals surface area (Å²) in [5.74, 6) is 0. The maximum Gasteiger partial charge on any atom is 0.242 e. The van der Waals surface area contributed by atoms with Crippen LogP contribution in [-0.2, 0) is 10.0 Å². The van der Waals surface area contributed by atoms with Gasteiger partial charge in [-0.1, -0.05) is 25.4 Å². The number of sulfonamides is 1. The van der Waals surface area contributed by atoms with E-state index in [1.54, 1.807) is 0 Å². The number of hydrogen-bond donors (Lipinski definition) is 1. The Bertz CT molecular complexity index is 486. The Balaban J connectivity index is 2.71. The van der Waals surface area contributed by atoms with Gasteiger partial charge in [-0.05, 0) is 32.1 Å². The summed E-state index contributed by atoms with van der Waals surface area (Å²) in [5.41, 5.74) is 0. The summed E-state index contributed by atoms with van der Waals surface area (Å²) < 4.78 is 26.8. The van der Waals surface area contributed by atoms with E-state index in [0.717, 1.165) is 13.1 Å². The van der Waals surface area contributed by atoms with Crippen LogP contribution in [0, 0.1) is 0 Å². The van der Waals surface area contributed by atoms with Gasteiger partial charge in [0, 0.05) is 18.8 Å². The molecule has 0 amide bonds. The van der Waals surface area contributed by atoms with Crippen LogP contribution < -0.4 is 4.72 Å². The minimum atomic E-state index is -3.54. The predicted octanol–water partition coefficient (Wildman–Crippen LogP) is 1.74. The van der Waals surface area contributed by atoms with Crippen LogP contribution in [0.3, 0.4) is 0 Å². The Labute approximate surface area is 120 Å². The molecule has 0 bridgehead atoms. The molecule has 0 saturated carbocycles. The van der Waals surface area contributed by atoms with E-state index < -0.39 is 10.0 Å². The third-order valence-corrected chi connectivity index (χ3v) is 4.59. The van der Waals surface area contributed by atoms with Crippen molar-refractivity contribution in [3.63, 3.8) is 0 Å². The van der Waals surface area contributed by atoms with Crippen LogP contribution in [0.4, 0.5) is 0 Å². The summed E-state index contributed by atoms with van der Waals surface area (Å²) in [7, 11) is -3.54. The fourth-order valence-electron chi connectivity index (χ4n) is 1.76. The minimum Gasteiger partial charge on any atom is -0.302 e. The molecule has 0 aromatic carbocycles. The van der Waals surface area contributed by atoms with Crippen molar-refractivity contribution < 1.29 is 8.42 Å². The lowest BCUT2D eigenvalue weighted by atomic mass is 10.3. The van der Waals surface area contributed by atoms with Gasteiger partial charge >= 0.3 is 0 Å². The van der Waals surface area contributed by atoms with Gasteiger partial charge in [0.15, 0.2) is 0 Å². The Morgan fingerprint density at radius 3 is 2.47 bits per heavy atom. The number of nitrogens with one attached hydrogen (secondary N) is 1. The second kappa shape index (κ2) is 7.19. The summed E-state index contributed by atoms with van der Waals surface area (Å²) in [4.78, 5) is 6.07. The molecule has 108 valence electrons. The molecule has 0 fully saturated rings. The molecular weight excluding hydrogens is 286 g/mol. The van der Waals surface area contributed by atoms with Gasteiger partial charge in [0.05, 0.1) is 0 Å². The van der Waals surface area contributed by atoms with Crippen LogP contribution in [0.2, 0.25) is 5.15 Å². The van der Waals surface area contributed by atoms with Gasteiger partial charge in [-0.2, -0.15) is 0 Å². The van der Waals surface area contributed by atoms with E-state index in [2.05, 4.69) is 14.6 Å². The summed E-state index contributed by atoms with van der Waals surface area (Å²) in [5, 5.41) is 0.273. The van der Waals surface area contributed by atoms with Crippen LogP contribution in [0.25, 0.3) is 0 Å².